The second kappa shape index (κ2) is 12.3. The second-order valence-corrected chi connectivity index (χ2v) is 7.35. The Balaban J connectivity index is 0.000000410. The van der Waals surface area contributed by atoms with Crippen molar-refractivity contribution in [1.29, 1.82) is 0 Å². The molecule has 3 heteroatoms. The van der Waals surface area contributed by atoms with E-state index < -0.39 is 0 Å². The van der Waals surface area contributed by atoms with Crippen molar-refractivity contribution < 1.29 is 20.0 Å². The van der Waals surface area contributed by atoms with E-state index in [1.807, 2.05) is 0 Å². The third-order valence-electron chi connectivity index (χ3n) is 3.39. The second-order valence-electron chi connectivity index (χ2n) is 5.79. The summed E-state index contributed by atoms with van der Waals surface area (Å²) in [7, 11) is 0. The SMILES string of the molecule is CC1=[C-]CC=C1.C[C](C)=[Ti+2].Cl.Cl.c1ccc2c(c1)[cH-]c1ccccc12. The molecule has 0 saturated heterocycles. The van der Waals surface area contributed by atoms with Crippen molar-refractivity contribution >= 4 is 50.2 Å². The predicted octanol–water partition coefficient (Wildman–Crippen LogP) is 7.00. The molecule has 1 aliphatic carbocycles. The van der Waals surface area contributed by atoms with Gasteiger partial charge in [-0.25, -0.2) is 11.6 Å². The first kappa shape index (κ1) is 24.0. The molecule has 0 heterocycles. The van der Waals surface area contributed by atoms with E-state index in [9.17, 15) is 0 Å². The quantitative estimate of drug-likeness (QED) is 0.278. The zero-order chi connectivity index (χ0) is 16.7. The van der Waals surface area contributed by atoms with Gasteiger partial charge in [0.1, 0.15) is 0 Å². The maximum Gasteiger partial charge on any atom is -0.0771 e. The molecule has 0 radical (unpaired) electrons. The van der Waals surface area contributed by atoms with Crippen LogP contribution >= 0.6 is 24.8 Å². The predicted molar refractivity (Wildman–Crippen MR) is 114 cm³/mol. The molecular weight excluding hydrogens is 383 g/mol. The van der Waals surface area contributed by atoms with Crippen LogP contribution in [0.4, 0.5) is 0 Å². The van der Waals surface area contributed by atoms with Crippen LogP contribution in [-0.4, -0.2) is 3.81 Å². The number of hydrogen-bond acceptors (Lipinski definition) is 0. The summed E-state index contributed by atoms with van der Waals surface area (Å²) in [5.74, 6) is 0. The standard InChI is InChI=1S/C13H9.C6H7.C3H6.2ClH.Ti/c1-3-7-12-10(5-1)9-11-6-2-4-8-13(11)12;1-6-4-2-3-5-6;1-3-2;;;/h1-9H;2,4H,3H2,1H3;1-2H3;2*1H;/q2*-1;;;;+2. The van der Waals surface area contributed by atoms with Crippen molar-refractivity contribution in [2.45, 2.75) is 27.2 Å². The molecule has 0 bridgehead atoms. The molecule has 0 aromatic heterocycles. The maximum absolute atomic E-state index is 3.12. The van der Waals surface area contributed by atoms with Crippen LogP contribution < -0.4 is 0 Å². The van der Waals surface area contributed by atoms with Crippen LogP contribution in [0.3, 0.4) is 0 Å². The van der Waals surface area contributed by atoms with Crippen LogP contribution in [0.2, 0.25) is 0 Å². The van der Waals surface area contributed by atoms with Crippen LogP contribution in [-0.2, 0) is 20.0 Å². The largest absolute Gasteiger partial charge is 0.147 e. The van der Waals surface area contributed by atoms with E-state index in [0.717, 1.165) is 6.42 Å². The molecule has 0 fully saturated rings. The Hall–Kier alpha value is -1.05. The van der Waals surface area contributed by atoms with Crippen LogP contribution in [0.15, 0.2) is 72.3 Å². The minimum absolute atomic E-state index is 0. The number of allylic oxidation sites excluding steroid dienone is 4. The van der Waals surface area contributed by atoms with Gasteiger partial charge in [0.25, 0.3) is 0 Å². The summed E-state index contributed by atoms with van der Waals surface area (Å²) in [6.07, 6.45) is 8.33. The Kier molecular flexibility index (Phi) is 11.8. The molecule has 0 N–H and O–H groups in total. The van der Waals surface area contributed by atoms with Gasteiger partial charge in [0.05, 0.1) is 0 Å². The number of benzene rings is 2. The molecule has 0 atom stereocenters. The third kappa shape index (κ3) is 7.80. The Bertz CT molecular complexity index is 799. The molecule has 0 amide bonds. The number of halogens is 2. The van der Waals surface area contributed by atoms with Crippen molar-refractivity contribution in [3.05, 3.63) is 78.4 Å². The van der Waals surface area contributed by atoms with Crippen molar-refractivity contribution in [3.8, 4) is 0 Å². The van der Waals surface area contributed by atoms with Gasteiger partial charge in [-0.05, 0) is 0 Å². The number of hydrogen-bond donors (Lipinski definition) is 0. The van der Waals surface area contributed by atoms with E-state index in [4.69, 9.17) is 0 Å². The van der Waals surface area contributed by atoms with Gasteiger partial charge in [-0.3, -0.25) is 6.08 Å². The van der Waals surface area contributed by atoms with Crippen LogP contribution in [0.25, 0.3) is 21.5 Å². The van der Waals surface area contributed by atoms with Crippen molar-refractivity contribution in [3.63, 3.8) is 0 Å². The summed E-state index contributed by atoms with van der Waals surface area (Å²) >= 11 is 2.08. The maximum atomic E-state index is 3.12. The van der Waals surface area contributed by atoms with E-state index in [1.54, 1.807) is 0 Å². The van der Waals surface area contributed by atoms with Crippen molar-refractivity contribution in [2.24, 2.45) is 0 Å². The fraction of sp³-hybridized carbons (Fsp3) is 0.182. The van der Waals surface area contributed by atoms with Crippen molar-refractivity contribution in [1.82, 2.24) is 0 Å². The fourth-order valence-corrected chi connectivity index (χ4v) is 2.42. The topological polar surface area (TPSA) is 0 Å². The van der Waals surface area contributed by atoms with Gasteiger partial charge in [-0.15, -0.1) is 71.0 Å². The van der Waals surface area contributed by atoms with Gasteiger partial charge in [-0.2, -0.15) is 6.08 Å². The Morgan fingerprint density at radius 1 is 0.920 bits per heavy atom. The van der Waals surface area contributed by atoms with Gasteiger partial charge in [0.15, 0.2) is 0 Å². The molecule has 0 nitrogen and oxygen atoms in total. The molecule has 0 spiro atoms. The average Bonchev–Trinajstić information content (AvgIpc) is 3.13. The minimum Gasteiger partial charge on any atom is -0.147 e. The average molecular weight is 407 g/mol. The van der Waals surface area contributed by atoms with Gasteiger partial charge in [0.2, 0.25) is 0 Å². The molecule has 0 saturated carbocycles. The zero-order valence-electron chi connectivity index (χ0n) is 14.9. The Morgan fingerprint density at radius 2 is 1.36 bits per heavy atom. The monoisotopic (exact) mass is 406 g/mol. The summed E-state index contributed by atoms with van der Waals surface area (Å²) in [4.78, 5) is 0. The van der Waals surface area contributed by atoms with E-state index in [0.29, 0.717) is 0 Å². The van der Waals surface area contributed by atoms with Crippen LogP contribution in [0.5, 0.6) is 0 Å². The van der Waals surface area contributed by atoms with Crippen LogP contribution in [0.1, 0.15) is 27.2 Å². The van der Waals surface area contributed by atoms with Gasteiger partial charge in [0, 0.05) is 0 Å². The summed E-state index contributed by atoms with van der Waals surface area (Å²) in [5, 5.41) is 5.39. The fourth-order valence-electron chi connectivity index (χ4n) is 2.42. The van der Waals surface area contributed by atoms with E-state index in [-0.39, 0.29) is 24.8 Å². The molecule has 25 heavy (non-hydrogen) atoms. The van der Waals surface area contributed by atoms with Crippen LogP contribution in [0, 0.1) is 6.08 Å². The smallest absolute Gasteiger partial charge is 0.0771 e. The first-order valence-electron chi connectivity index (χ1n) is 7.87. The summed E-state index contributed by atoms with van der Waals surface area (Å²) in [5.41, 5.74) is 1.27. The molecule has 130 valence electrons. The Morgan fingerprint density at radius 3 is 1.68 bits per heavy atom. The van der Waals surface area contributed by atoms with E-state index >= 15 is 0 Å². The van der Waals surface area contributed by atoms with Gasteiger partial charge >= 0.3 is 37.6 Å². The van der Waals surface area contributed by atoms with Gasteiger partial charge < -0.3 is 0 Å². The minimum atomic E-state index is 0. The van der Waals surface area contributed by atoms with Gasteiger partial charge in [-0.1, -0.05) is 43.3 Å². The summed E-state index contributed by atoms with van der Waals surface area (Å²) in [6, 6.07) is 19.3. The number of fused-ring (bicyclic) bond motifs is 3. The molecule has 1 aliphatic rings. The first-order valence-corrected chi connectivity index (χ1v) is 8.65. The Labute approximate surface area is 175 Å². The normalized spacial score (nSPS) is 11.3. The number of rotatable bonds is 0. The molecular formula is C22H24Cl2Ti. The molecule has 4 rings (SSSR count). The van der Waals surface area contributed by atoms with E-state index in [2.05, 4.69) is 114 Å². The van der Waals surface area contributed by atoms with Crippen molar-refractivity contribution in [2.75, 3.05) is 0 Å². The first-order chi connectivity index (χ1) is 11.1. The molecule has 0 aliphatic heterocycles. The third-order valence-corrected chi connectivity index (χ3v) is 3.39. The summed E-state index contributed by atoms with van der Waals surface area (Å²) < 4.78 is 1.42. The summed E-state index contributed by atoms with van der Waals surface area (Å²) in [6.45, 7) is 6.23. The molecule has 0 unspecified atom stereocenters. The molecule has 3 aromatic rings. The molecule has 3 aromatic carbocycles. The van der Waals surface area contributed by atoms with E-state index in [1.165, 1.54) is 30.9 Å². The zero-order valence-corrected chi connectivity index (χ0v) is 18.1.